The number of ether oxygens (including phenoxy) is 1. The molecular weight excluding hydrogens is 414 g/mol. The van der Waals surface area contributed by atoms with E-state index in [0.717, 1.165) is 15.4 Å². The van der Waals surface area contributed by atoms with Crippen LogP contribution < -0.4 is 11.4 Å². The first-order valence-corrected chi connectivity index (χ1v) is 8.83. The van der Waals surface area contributed by atoms with Gasteiger partial charge in [-0.1, -0.05) is 15.9 Å². The Morgan fingerprint density at radius 2 is 2.19 bits per heavy atom. The number of halogens is 1. The van der Waals surface area contributed by atoms with Crippen LogP contribution in [0.3, 0.4) is 0 Å². The molecule has 0 aliphatic heterocycles. The van der Waals surface area contributed by atoms with Gasteiger partial charge in [-0.15, -0.1) is 0 Å². The molecule has 0 saturated carbocycles. The van der Waals surface area contributed by atoms with Crippen molar-refractivity contribution in [3.8, 4) is 0 Å². The molecular formula is C18H18BrN5O3. The summed E-state index contributed by atoms with van der Waals surface area (Å²) in [5.41, 5.74) is 8.59. The van der Waals surface area contributed by atoms with Crippen LogP contribution in [-0.2, 0) is 16.6 Å². The van der Waals surface area contributed by atoms with Gasteiger partial charge in [0.1, 0.15) is 6.54 Å². The van der Waals surface area contributed by atoms with Crippen LogP contribution in [0, 0.1) is 0 Å². The fraction of sp³-hybridized carbons (Fsp3) is 0.222. The van der Waals surface area contributed by atoms with Crippen molar-refractivity contribution in [1.82, 2.24) is 14.1 Å². The van der Waals surface area contributed by atoms with Gasteiger partial charge in [0.2, 0.25) is 0 Å². The highest BCUT2D eigenvalue weighted by Gasteiger charge is 2.18. The Morgan fingerprint density at radius 3 is 2.85 bits per heavy atom. The third kappa shape index (κ3) is 3.37. The van der Waals surface area contributed by atoms with Gasteiger partial charge in [0.15, 0.2) is 0 Å². The van der Waals surface area contributed by atoms with Crippen molar-refractivity contribution in [3.63, 3.8) is 0 Å². The fourth-order valence-electron chi connectivity index (χ4n) is 2.80. The fourth-order valence-corrected chi connectivity index (χ4v) is 3.16. The number of pyridine rings is 1. The van der Waals surface area contributed by atoms with Crippen LogP contribution in [0.15, 0.2) is 44.4 Å². The first kappa shape index (κ1) is 18.8. The van der Waals surface area contributed by atoms with E-state index in [1.807, 2.05) is 18.2 Å². The normalized spacial score (nSPS) is 12.7. The highest BCUT2D eigenvalue weighted by Crippen LogP contribution is 2.27. The lowest BCUT2D eigenvalue weighted by molar-refractivity contribution is -0.138. The van der Waals surface area contributed by atoms with E-state index in [2.05, 4.69) is 30.6 Å². The SMILES string of the molecule is COC(=O)CN=CC(=C(C)N)n1c(=O)n(C)c2cnc3ccc(Br)cc3c21. The first-order chi connectivity index (χ1) is 12.8. The number of allylic oxidation sites excluding steroid dienone is 2. The molecule has 2 aromatic heterocycles. The zero-order chi connectivity index (χ0) is 19.7. The smallest absolute Gasteiger partial charge is 0.333 e. The number of methoxy groups -OCH3 is 1. The van der Waals surface area contributed by atoms with E-state index in [0.29, 0.717) is 22.4 Å². The number of aromatic nitrogens is 3. The molecule has 0 atom stereocenters. The topological polar surface area (TPSA) is 104 Å². The minimum absolute atomic E-state index is 0.166. The number of nitrogens with two attached hydrogens (primary N) is 1. The number of carbonyl (C=O) groups excluding carboxylic acids is 1. The van der Waals surface area contributed by atoms with Gasteiger partial charge in [-0.25, -0.2) is 4.79 Å². The molecule has 0 aliphatic carbocycles. The number of carbonyl (C=O) groups is 1. The molecule has 3 rings (SSSR count). The highest BCUT2D eigenvalue weighted by molar-refractivity contribution is 9.10. The summed E-state index contributed by atoms with van der Waals surface area (Å²) in [7, 11) is 2.96. The number of hydrogen-bond acceptors (Lipinski definition) is 6. The summed E-state index contributed by atoms with van der Waals surface area (Å²) in [6.07, 6.45) is 3.07. The van der Waals surface area contributed by atoms with Gasteiger partial charge in [0, 0.05) is 28.8 Å². The maximum Gasteiger partial charge on any atom is 0.333 e. The number of imidazole rings is 1. The van der Waals surface area contributed by atoms with Crippen molar-refractivity contribution in [3.05, 3.63) is 45.0 Å². The van der Waals surface area contributed by atoms with Crippen molar-refractivity contribution in [2.75, 3.05) is 13.7 Å². The lowest BCUT2D eigenvalue weighted by atomic mass is 10.2. The molecule has 0 radical (unpaired) electrons. The molecule has 3 aromatic rings. The van der Waals surface area contributed by atoms with E-state index < -0.39 is 5.97 Å². The second kappa shape index (κ2) is 7.36. The Morgan fingerprint density at radius 1 is 1.44 bits per heavy atom. The van der Waals surface area contributed by atoms with Gasteiger partial charge < -0.3 is 10.5 Å². The molecule has 140 valence electrons. The lowest BCUT2D eigenvalue weighted by Gasteiger charge is -2.08. The van der Waals surface area contributed by atoms with Crippen LogP contribution in [-0.4, -0.2) is 40.0 Å². The number of esters is 1. The molecule has 2 N–H and O–H groups in total. The molecule has 0 spiro atoms. The molecule has 27 heavy (non-hydrogen) atoms. The number of hydrogen-bond donors (Lipinski definition) is 1. The van der Waals surface area contributed by atoms with E-state index in [1.165, 1.54) is 22.5 Å². The molecule has 0 fully saturated rings. The molecule has 1 aromatic carbocycles. The Labute approximate surface area is 163 Å². The third-order valence-electron chi connectivity index (χ3n) is 4.15. The minimum Gasteiger partial charge on any atom is -0.468 e. The number of fused-ring (bicyclic) bond motifs is 3. The predicted octanol–water partition coefficient (Wildman–Crippen LogP) is 2.04. The monoisotopic (exact) mass is 431 g/mol. The minimum atomic E-state index is -0.482. The Kier molecular flexibility index (Phi) is 5.13. The second-order valence-corrected chi connectivity index (χ2v) is 6.86. The van der Waals surface area contributed by atoms with Gasteiger partial charge in [-0.3, -0.25) is 23.9 Å². The van der Waals surface area contributed by atoms with Crippen molar-refractivity contribution >= 4 is 55.7 Å². The van der Waals surface area contributed by atoms with Gasteiger partial charge in [0.25, 0.3) is 0 Å². The zero-order valence-corrected chi connectivity index (χ0v) is 16.6. The predicted molar refractivity (Wildman–Crippen MR) is 109 cm³/mol. The summed E-state index contributed by atoms with van der Waals surface area (Å²) >= 11 is 3.46. The molecule has 8 nitrogen and oxygen atoms in total. The van der Waals surface area contributed by atoms with Crippen LogP contribution in [0.4, 0.5) is 0 Å². The van der Waals surface area contributed by atoms with Crippen LogP contribution in [0.2, 0.25) is 0 Å². The van der Waals surface area contributed by atoms with Crippen LogP contribution in [0.25, 0.3) is 27.6 Å². The number of nitrogens with zero attached hydrogens (tertiary/aromatic N) is 4. The largest absolute Gasteiger partial charge is 0.468 e. The number of benzene rings is 1. The molecule has 0 saturated heterocycles. The van der Waals surface area contributed by atoms with Crippen molar-refractivity contribution in [1.29, 1.82) is 0 Å². The quantitative estimate of drug-likeness (QED) is 0.502. The Balaban J connectivity index is 2.33. The maximum atomic E-state index is 13.0. The van der Waals surface area contributed by atoms with E-state index in [4.69, 9.17) is 5.73 Å². The van der Waals surface area contributed by atoms with E-state index in [9.17, 15) is 9.59 Å². The number of aryl methyl sites for hydroxylation is 1. The van der Waals surface area contributed by atoms with Crippen LogP contribution in [0.1, 0.15) is 6.92 Å². The average Bonchev–Trinajstić information content (AvgIpc) is 2.89. The van der Waals surface area contributed by atoms with Gasteiger partial charge in [-0.05, 0) is 25.1 Å². The summed E-state index contributed by atoms with van der Waals surface area (Å²) in [4.78, 5) is 32.8. The first-order valence-electron chi connectivity index (χ1n) is 8.04. The summed E-state index contributed by atoms with van der Waals surface area (Å²) in [5, 5.41) is 0.791. The molecule has 0 aliphatic rings. The molecule has 0 unspecified atom stereocenters. The van der Waals surface area contributed by atoms with E-state index >= 15 is 0 Å². The molecule has 0 bridgehead atoms. The van der Waals surface area contributed by atoms with Crippen molar-refractivity contribution in [2.45, 2.75) is 6.92 Å². The van der Waals surface area contributed by atoms with E-state index in [-0.39, 0.29) is 12.2 Å². The summed E-state index contributed by atoms with van der Waals surface area (Å²) in [5.74, 6) is -0.482. The van der Waals surface area contributed by atoms with Crippen LogP contribution in [0.5, 0.6) is 0 Å². The zero-order valence-electron chi connectivity index (χ0n) is 15.1. The lowest BCUT2D eigenvalue weighted by Crippen LogP contribution is -2.24. The van der Waals surface area contributed by atoms with Crippen LogP contribution >= 0.6 is 15.9 Å². The van der Waals surface area contributed by atoms with E-state index in [1.54, 1.807) is 20.2 Å². The Bertz CT molecular complexity index is 1170. The van der Waals surface area contributed by atoms with Gasteiger partial charge >= 0.3 is 11.7 Å². The molecule has 0 amide bonds. The summed E-state index contributed by atoms with van der Waals surface area (Å²) in [6, 6.07) is 5.65. The summed E-state index contributed by atoms with van der Waals surface area (Å²) in [6.45, 7) is 1.50. The Hall–Kier alpha value is -2.94. The standard InChI is InChI=1S/C18H18BrN5O3/c1-10(20)14(7-21-9-16(25)27-3)24-17-12-6-11(19)4-5-13(12)22-8-15(17)23(2)18(24)26/h4-8H,9,20H2,1-3H3. The third-order valence-corrected chi connectivity index (χ3v) is 4.65. The highest BCUT2D eigenvalue weighted by atomic mass is 79.9. The van der Waals surface area contributed by atoms with Gasteiger partial charge in [0.05, 0.1) is 35.6 Å². The second-order valence-electron chi connectivity index (χ2n) is 5.94. The van der Waals surface area contributed by atoms with Crippen molar-refractivity contribution in [2.24, 2.45) is 17.8 Å². The maximum absolute atomic E-state index is 13.0. The number of aliphatic imine (C=N–C) groups is 1. The molecule has 2 heterocycles. The summed E-state index contributed by atoms with van der Waals surface area (Å²) < 4.78 is 8.43. The molecule has 9 heteroatoms. The number of rotatable bonds is 4. The van der Waals surface area contributed by atoms with Crippen molar-refractivity contribution < 1.29 is 9.53 Å². The average molecular weight is 432 g/mol. The van der Waals surface area contributed by atoms with Gasteiger partial charge in [-0.2, -0.15) is 0 Å².